The minimum atomic E-state index is -4.10. The number of hydrogen-bond donors (Lipinski definition) is 2. The molecule has 2 N–H and O–H groups in total. The fourth-order valence-electron chi connectivity index (χ4n) is 3.34. The standard InChI is InChI=1S/C24H23BrN4O5S/c1-4-34-20-12-9-15(25)13-22(20)35(30,31)29-24-23(26-17-7-5-6-8-18(17)27-24)28-19-11-10-16(32-2)14-21(19)33-3/h5-14H,4H2,1-3H3,(H,26,28)(H,27,29). The van der Waals surface area contributed by atoms with Crippen molar-refractivity contribution in [3.8, 4) is 17.2 Å². The molecule has 0 aliphatic rings. The van der Waals surface area contributed by atoms with Gasteiger partial charge in [-0.3, -0.25) is 4.72 Å². The van der Waals surface area contributed by atoms with E-state index in [2.05, 4.69) is 35.9 Å². The summed E-state index contributed by atoms with van der Waals surface area (Å²) < 4.78 is 46.3. The highest BCUT2D eigenvalue weighted by molar-refractivity contribution is 9.10. The van der Waals surface area contributed by atoms with Gasteiger partial charge in [0, 0.05) is 10.5 Å². The van der Waals surface area contributed by atoms with Gasteiger partial charge >= 0.3 is 0 Å². The van der Waals surface area contributed by atoms with Gasteiger partial charge in [-0.1, -0.05) is 28.1 Å². The average molecular weight is 559 g/mol. The molecule has 4 aromatic rings. The van der Waals surface area contributed by atoms with Crippen molar-refractivity contribution in [3.05, 3.63) is 65.1 Å². The Hall–Kier alpha value is -3.57. The lowest BCUT2D eigenvalue weighted by molar-refractivity contribution is 0.331. The third-order valence-electron chi connectivity index (χ3n) is 4.96. The highest BCUT2D eigenvalue weighted by Gasteiger charge is 2.24. The van der Waals surface area contributed by atoms with E-state index in [1.807, 2.05) is 6.07 Å². The Labute approximate surface area is 211 Å². The van der Waals surface area contributed by atoms with Crippen LogP contribution in [-0.2, 0) is 10.0 Å². The maximum atomic E-state index is 13.4. The Morgan fingerprint density at radius 3 is 2.26 bits per heavy atom. The molecule has 182 valence electrons. The lowest BCUT2D eigenvalue weighted by Gasteiger charge is -2.17. The first kappa shape index (κ1) is 24.6. The minimum absolute atomic E-state index is 0.0176. The molecule has 9 nitrogen and oxygen atoms in total. The number of rotatable bonds is 9. The minimum Gasteiger partial charge on any atom is -0.497 e. The molecule has 4 rings (SSSR count). The average Bonchev–Trinajstić information content (AvgIpc) is 2.85. The number of nitrogens with one attached hydrogen (secondary N) is 2. The highest BCUT2D eigenvalue weighted by Crippen LogP contribution is 2.35. The normalized spacial score (nSPS) is 11.2. The Bertz CT molecular complexity index is 1480. The number of benzene rings is 3. The molecule has 0 bridgehead atoms. The monoisotopic (exact) mass is 558 g/mol. The van der Waals surface area contributed by atoms with Crippen LogP contribution in [0.1, 0.15) is 6.92 Å². The van der Waals surface area contributed by atoms with Crippen molar-refractivity contribution in [1.82, 2.24) is 9.97 Å². The first-order valence-corrected chi connectivity index (χ1v) is 12.8. The molecule has 0 saturated carbocycles. The van der Waals surface area contributed by atoms with Crippen molar-refractivity contribution < 1.29 is 22.6 Å². The summed E-state index contributed by atoms with van der Waals surface area (Å²) in [5.74, 6) is 1.53. The Balaban J connectivity index is 1.81. The molecule has 11 heteroatoms. The summed E-state index contributed by atoms with van der Waals surface area (Å²) in [6, 6.07) is 17.1. The van der Waals surface area contributed by atoms with E-state index in [1.54, 1.807) is 62.6 Å². The van der Waals surface area contributed by atoms with Crippen molar-refractivity contribution >= 4 is 54.3 Å². The van der Waals surface area contributed by atoms with E-state index in [-0.39, 0.29) is 22.3 Å². The maximum absolute atomic E-state index is 13.4. The zero-order valence-corrected chi connectivity index (χ0v) is 21.6. The van der Waals surface area contributed by atoms with Crippen LogP contribution < -0.4 is 24.2 Å². The van der Waals surface area contributed by atoms with Crippen molar-refractivity contribution in [3.63, 3.8) is 0 Å². The first-order valence-electron chi connectivity index (χ1n) is 10.6. The lowest BCUT2D eigenvalue weighted by Crippen LogP contribution is -2.17. The van der Waals surface area contributed by atoms with Crippen LogP contribution in [-0.4, -0.2) is 39.2 Å². The molecule has 0 aliphatic carbocycles. The van der Waals surface area contributed by atoms with Gasteiger partial charge in [0.05, 0.1) is 37.5 Å². The van der Waals surface area contributed by atoms with Gasteiger partial charge in [0.25, 0.3) is 10.0 Å². The van der Waals surface area contributed by atoms with Crippen LogP contribution >= 0.6 is 15.9 Å². The number of anilines is 3. The Morgan fingerprint density at radius 1 is 0.886 bits per heavy atom. The van der Waals surface area contributed by atoms with E-state index < -0.39 is 10.0 Å². The molecule has 1 heterocycles. The largest absolute Gasteiger partial charge is 0.497 e. The van der Waals surface area contributed by atoms with Gasteiger partial charge in [-0.25, -0.2) is 18.4 Å². The fourth-order valence-corrected chi connectivity index (χ4v) is 5.03. The number of ether oxygens (including phenoxy) is 3. The summed E-state index contributed by atoms with van der Waals surface area (Å²) in [4.78, 5) is 9.12. The summed E-state index contributed by atoms with van der Waals surface area (Å²) in [7, 11) is -1.01. The molecule has 0 atom stereocenters. The second-order valence-electron chi connectivity index (χ2n) is 7.23. The number of sulfonamides is 1. The van der Waals surface area contributed by atoms with Gasteiger partial charge in [0.2, 0.25) is 0 Å². The summed E-state index contributed by atoms with van der Waals surface area (Å²) in [5.41, 5.74) is 1.66. The second-order valence-corrected chi connectivity index (χ2v) is 9.80. The number of para-hydroxylation sites is 2. The number of aromatic nitrogens is 2. The fraction of sp³-hybridized carbons (Fsp3) is 0.167. The van der Waals surface area contributed by atoms with Crippen LogP contribution in [0.5, 0.6) is 17.2 Å². The first-order chi connectivity index (χ1) is 16.8. The number of methoxy groups -OCH3 is 2. The van der Waals surface area contributed by atoms with E-state index in [9.17, 15) is 8.42 Å². The van der Waals surface area contributed by atoms with Gasteiger partial charge in [0.1, 0.15) is 22.1 Å². The van der Waals surface area contributed by atoms with E-state index in [1.165, 1.54) is 13.2 Å². The van der Waals surface area contributed by atoms with Crippen LogP contribution in [0.15, 0.2) is 70.0 Å². The molecule has 0 unspecified atom stereocenters. The molecule has 0 fully saturated rings. The lowest BCUT2D eigenvalue weighted by atomic mass is 10.2. The third kappa shape index (κ3) is 5.41. The van der Waals surface area contributed by atoms with Crippen molar-refractivity contribution in [2.45, 2.75) is 11.8 Å². The van der Waals surface area contributed by atoms with E-state index in [0.717, 1.165) is 0 Å². The van der Waals surface area contributed by atoms with Crippen LogP contribution in [0, 0.1) is 0 Å². The number of hydrogen-bond acceptors (Lipinski definition) is 8. The predicted molar refractivity (Wildman–Crippen MR) is 138 cm³/mol. The van der Waals surface area contributed by atoms with Crippen LogP contribution in [0.2, 0.25) is 0 Å². The number of nitrogens with zero attached hydrogens (tertiary/aromatic N) is 2. The molecule has 0 aliphatic heterocycles. The zero-order chi connectivity index (χ0) is 25.0. The molecule has 3 aromatic carbocycles. The molecule has 0 radical (unpaired) electrons. The highest BCUT2D eigenvalue weighted by atomic mass is 79.9. The number of fused-ring (bicyclic) bond motifs is 1. The molecule has 35 heavy (non-hydrogen) atoms. The second kappa shape index (κ2) is 10.4. The van der Waals surface area contributed by atoms with Gasteiger partial charge in [-0.15, -0.1) is 0 Å². The van der Waals surface area contributed by atoms with Gasteiger partial charge in [0.15, 0.2) is 11.6 Å². The topological polar surface area (TPSA) is 112 Å². The predicted octanol–water partition coefficient (Wildman–Crippen LogP) is 5.35. The molecule has 0 spiro atoms. The Kier molecular flexibility index (Phi) is 7.27. The van der Waals surface area contributed by atoms with Gasteiger partial charge < -0.3 is 19.5 Å². The van der Waals surface area contributed by atoms with Crippen molar-refractivity contribution in [1.29, 1.82) is 0 Å². The SMILES string of the molecule is CCOc1ccc(Br)cc1S(=O)(=O)Nc1nc2ccccc2nc1Nc1ccc(OC)cc1OC. The summed E-state index contributed by atoms with van der Waals surface area (Å²) in [6.07, 6.45) is 0. The van der Waals surface area contributed by atoms with E-state index >= 15 is 0 Å². The van der Waals surface area contributed by atoms with Gasteiger partial charge in [-0.05, 0) is 49.4 Å². The van der Waals surface area contributed by atoms with E-state index in [0.29, 0.717) is 39.3 Å². The number of halogens is 1. The third-order valence-corrected chi connectivity index (χ3v) is 6.81. The zero-order valence-electron chi connectivity index (χ0n) is 19.2. The molecule has 0 amide bonds. The maximum Gasteiger partial charge on any atom is 0.266 e. The Morgan fingerprint density at radius 2 is 1.60 bits per heavy atom. The molecule has 0 saturated heterocycles. The summed E-state index contributed by atoms with van der Waals surface area (Å²) in [5, 5.41) is 3.14. The molecule has 1 aromatic heterocycles. The smallest absolute Gasteiger partial charge is 0.266 e. The summed E-state index contributed by atoms with van der Waals surface area (Å²) >= 11 is 3.33. The molecular formula is C24H23BrN4O5S. The van der Waals surface area contributed by atoms with Crippen molar-refractivity contribution in [2.75, 3.05) is 30.9 Å². The van der Waals surface area contributed by atoms with Crippen LogP contribution in [0.3, 0.4) is 0 Å². The van der Waals surface area contributed by atoms with Crippen LogP contribution in [0.25, 0.3) is 11.0 Å². The van der Waals surface area contributed by atoms with Gasteiger partial charge in [-0.2, -0.15) is 0 Å². The van der Waals surface area contributed by atoms with Crippen LogP contribution in [0.4, 0.5) is 17.3 Å². The van der Waals surface area contributed by atoms with Crippen molar-refractivity contribution in [2.24, 2.45) is 0 Å². The van der Waals surface area contributed by atoms with E-state index in [4.69, 9.17) is 14.2 Å². The summed E-state index contributed by atoms with van der Waals surface area (Å²) in [6.45, 7) is 2.09. The quantitative estimate of drug-likeness (QED) is 0.282. The molecular weight excluding hydrogens is 536 g/mol.